The van der Waals surface area contributed by atoms with Gasteiger partial charge in [0.15, 0.2) is 0 Å². The molecule has 0 aromatic carbocycles. The highest BCUT2D eigenvalue weighted by molar-refractivity contribution is 7.18. The molecule has 0 fully saturated rings. The first-order chi connectivity index (χ1) is 10.8. The minimum Gasteiger partial charge on any atom is -0.310 e. The number of pyridine rings is 1. The van der Waals surface area contributed by atoms with Crippen molar-refractivity contribution in [2.45, 2.75) is 6.42 Å². The second-order valence-electron chi connectivity index (χ2n) is 4.86. The molecule has 0 aliphatic heterocycles. The molecule has 0 bridgehead atoms. The van der Waals surface area contributed by atoms with Gasteiger partial charge in [-0.15, -0.1) is 22.7 Å². The van der Waals surface area contributed by atoms with Crippen LogP contribution >= 0.6 is 22.7 Å². The molecule has 4 aromatic rings. The Morgan fingerprint density at radius 1 is 1.18 bits per heavy atom. The predicted octanol–water partition coefficient (Wildman–Crippen LogP) is 3.70. The summed E-state index contributed by atoms with van der Waals surface area (Å²) in [7, 11) is 0. The van der Waals surface area contributed by atoms with Crippen molar-refractivity contribution in [3.8, 4) is 10.4 Å². The predicted molar refractivity (Wildman–Crippen MR) is 90.6 cm³/mol. The number of fused-ring (bicyclic) bond motifs is 1. The van der Waals surface area contributed by atoms with Gasteiger partial charge in [0.1, 0.15) is 10.7 Å². The van der Waals surface area contributed by atoms with Crippen molar-refractivity contribution in [2.75, 3.05) is 0 Å². The number of hydrogen-bond acceptors (Lipinski definition) is 5. The summed E-state index contributed by atoms with van der Waals surface area (Å²) in [6.07, 6.45) is 4.09. The van der Waals surface area contributed by atoms with Crippen molar-refractivity contribution in [1.29, 1.82) is 0 Å². The summed E-state index contributed by atoms with van der Waals surface area (Å²) in [5.41, 5.74) is 1.92. The molecule has 0 unspecified atom stereocenters. The third-order valence-corrected chi connectivity index (χ3v) is 5.15. The van der Waals surface area contributed by atoms with E-state index in [4.69, 9.17) is 0 Å². The molecule has 4 rings (SSSR count). The van der Waals surface area contributed by atoms with Gasteiger partial charge in [0.05, 0.1) is 5.39 Å². The second-order valence-corrected chi connectivity index (χ2v) is 6.66. The number of aromatic amines is 1. The SMILES string of the molecule is O=c1[nH]c(Cc2cccnc2)nc2scc(-c3cccs3)c12. The molecule has 4 heterocycles. The molecule has 108 valence electrons. The molecule has 0 amide bonds. The van der Waals surface area contributed by atoms with Gasteiger partial charge in [-0.3, -0.25) is 9.78 Å². The van der Waals surface area contributed by atoms with E-state index in [1.165, 1.54) is 11.3 Å². The third kappa shape index (κ3) is 2.36. The lowest BCUT2D eigenvalue weighted by atomic mass is 10.2. The number of nitrogens with zero attached hydrogens (tertiary/aromatic N) is 2. The van der Waals surface area contributed by atoms with Crippen LogP contribution in [0.25, 0.3) is 20.7 Å². The number of rotatable bonds is 3. The third-order valence-electron chi connectivity index (χ3n) is 3.37. The minimum atomic E-state index is -0.0754. The average molecular weight is 325 g/mol. The lowest BCUT2D eigenvalue weighted by Crippen LogP contribution is -2.11. The van der Waals surface area contributed by atoms with Crippen LogP contribution in [-0.4, -0.2) is 15.0 Å². The van der Waals surface area contributed by atoms with E-state index in [1.54, 1.807) is 23.7 Å². The molecule has 22 heavy (non-hydrogen) atoms. The van der Waals surface area contributed by atoms with E-state index in [1.807, 2.05) is 35.0 Å². The number of thiophene rings is 2. The molecule has 0 radical (unpaired) electrons. The van der Waals surface area contributed by atoms with Crippen molar-refractivity contribution < 1.29 is 0 Å². The zero-order valence-electron chi connectivity index (χ0n) is 11.4. The van der Waals surface area contributed by atoms with Gasteiger partial charge in [-0.25, -0.2) is 4.98 Å². The van der Waals surface area contributed by atoms with Gasteiger partial charge in [-0.1, -0.05) is 12.1 Å². The van der Waals surface area contributed by atoms with Crippen molar-refractivity contribution in [3.63, 3.8) is 0 Å². The van der Waals surface area contributed by atoms with Gasteiger partial charge in [-0.2, -0.15) is 0 Å². The summed E-state index contributed by atoms with van der Waals surface area (Å²) in [6.45, 7) is 0. The average Bonchev–Trinajstić information content (AvgIpc) is 3.16. The van der Waals surface area contributed by atoms with Crippen LogP contribution in [0.1, 0.15) is 11.4 Å². The topological polar surface area (TPSA) is 58.6 Å². The van der Waals surface area contributed by atoms with Crippen molar-refractivity contribution >= 4 is 32.9 Å². The van der Waals surface area contributed by atoms with E-state index in [0.29, 0.717) is 17.6 Å². The van der Waals surface area contributed by atoms with Crippen LogP contribution in [0, 0.1) is 0 Å². The van der Waals surface area contributed by atoms with Crippen molar-refractivity contribution in [3.05, 3.63) is 69.2 Å². The Morgan fingerprint density at radius 2 is 2.14 bits per heavy atom. The fraction of sp³-hybridized carbons (Fsp3) is 0.0625. The van der Waals surface area contributed by atoms with Crippen molar-refractivity contribution in [1.82, 2.24) is 15.0 Å². The zero-order chi connectivity index (χ0) is 14.9. The first kappa shape index (κ1) is 13.4. The Balaban J connectivity index is 1.80. The Labute approximate surface area is 134 Å². The lowest BCUT2D eigenvalue weighted by Gasteiger charge is -2.01. The lowest BCUT2D eigenvalue weighted by molar-refractivity contribution is 0.970. The van der Waals surface area contributed by atoms with Crippen molar-refractivity contribution in [2.24, 2.45) is 0 Å². The molecule has 6 heteroatoms. The van der Waals surface area contributed by atoms with Gasteiger partial charge >= 0.3 is 0 Å². The molecule has 0 saturated carbocycles. The Kier molecular flexibility index (Phi) is 3.32. The smallest absolute Gasteiger partial charge is 0.260 e. The molecule has 1 N–H and O–H groups in total. The van der Waals surface area contributed by atoms with Crippen LogP contribution in [0.5, 0.6) is 0 Å². The molecule has 0 aliphatic rings. The highest BCUT2D eigenvalue weighted by Crippen LogP contribution is 2.33. The van der Waals surface area contributed by atoms with E-state index in [-0.39, 0.29) is 5.56 Å². The summed E-state index contributed by atoms with van der Waals surface area (Å²) < 4.78 is 0. The highest BCUT2D eigenvalue weighted by atomic mass is 32.1. The number of hydrogen-bond donors (Lipinski definition) is 1. The summed E-state index contributed by atoms with van der Waals surface area (Å²) >= 11 is 3.14. The van der Waals surface area contributed by atoms with Gasteiger partial charge in [0.25, 0.3) is 5.56 Å². The maximum atomic E-state index is 12.5. The molecule has 4 nitrogen and oxygen atoms in total. The maximum absolute atomic E-state index is 12.5. The monoisotopic (exact) mass is 325 g/mol. The Morgan fingerprint density at radius 3 is 2.91 bits per heavy atom. The van der Waals surface area contributed by atoms with Gasteiger partial charge in [0, 0.05) is 34.6 Å². The number of aromatic nitrogens is 3. The van der Waals surface area contributed by atoms with E-state index in [0.717, 1.165) is 20.8 Å². The number of H-pyrrole nitrogens is 1. The molecule has 0 spiro atoms. The van der Waals surface area contributed by atoms with Gasteiger partial charge in [0.2, 0.25) is 0 Å². The molecule has 0 aliphatic carbocycles. The Bertz CT molecular complexity index is 972. The van der Waals surface area contributed by atoms with E-state index in [2.05, 4.69) is 15.0 Å². The largest absolute Gasteiger partial charge is 0.310 e. The molecular weight excluding hydrogens is 314 g/mol. The van der Waals surface area contributed by atoms with Crippen LogP contribution in [0.2, 0.25) is 0 Å². The molecular formula is C16H11N3OS2. The van der Waals surface area contributed by atoms with Crippen LogP contribution in [0.15, 0.2) is 52.2 Å². The molecule has 0 saturated heterocycles. The van der Waals surface area contributed by atoms with Gasteiger partial charge < -0.3 is 4.98 Å². The Hall–Kier alpha value is -2.31. The normalized spacial score (nSPS) is 11.1. The quantitative estimate of drug-likeness (QED) is 0.625. The fourth-order valence-corrected chi connectivity index (χ4v) is 4.17. The van der Waals surface area contributed by atoms with Crippen LogP contribution in [0.3, 0.4) is 0 Å². The van der Waals surface area contributed by atoms with Crippen LogP contribution < -0.4 is 5.56 Å². The highest BCUT2D eigenvalue weighted by Gasteiger charge is 2.13. The summed E-state index contributed by atoms with van der Waals surface area (Å²) in [6, 6.07) is 7.87. The summed E-state index contributed by atoms with van der Waals surface area (Å²) in [5, 5.41) is 4.70. The van der Waals surface area contributed by atoms with E-state index < -0.39 is 0 Å². The van der Waals surface area contributed by atoms with Crippen LogP contribution in [0.4, 0.5) is 0 Å². The first-order valence-electron chi connectivity index (χ1n) is 6.74. The number of nitrogens with one attached hydrogen (secondary N) is 1. The molecule has 0 atom stereocenters. The van der Waals surface area contributed by atoms with Gasteiger partial charge in [-0.05, 0) is 23.1 Å². The minimum absolute atomic E-state index is 0.0754. The summed E-state index contributed by atoms with van der Waals surface area (Å²) in [4.78, 5) is 25.9. The first-order valence-corrected chi connectivity index (χ1v) is 8.50. The molecule has 4 aromatic heterocycles. The van der Waals surface area contributed by atoms with Crippen LogP contribution in [-0.2, 0) is 6.42 Å². The maximum Gasteiger partial charge on any atom is 0.260 e. The zero-order valence-corrected chi connectivity index (χ0v) is 13.1. The fourth-order valence-electron chi connectivity index (χ4n) is 2.39. The van der Waals surface area contributed by atoms with E-state index in [9.17, 15) is 4.79 Å². The standard InChI is InChI=1S/C16H11N3OS2/c20-15-14-11(12-4-2-6-21-12)9-22-16(14)19-13(18-15)7-10-3-1-5-17-8-10/h1-6,8-9H,7H2,(H,18,19,20). The summed E-state index contributed by atoms with van der Waals surface area (Å²) in [5.74, 6) is 0.671. The second kappa shape index (κ2) is 5.47. The van der Waals surface area contributed by atoms with E-state index >= 15 is 0 Å².